The number of benzene rings is 1. The number of hydrogen-bond donors (Lipinski definition) is 1. The van der Waals surface area contributed by atoms with Crippen LogP contribution in [0.4, 0.5) is 11.4 Å². The molecule has 1 aliphatic rings. The normalized spacial score (nSPS) is 14.8. The van der Waals surface area contributed by atoms with Gasteiger partial charge in [-0.15, -0.1) is 11.3 Å². The smallest absolute Gasteiger partial charge is 0.238 e. The van der Waals surface area contributed by atoms with Crippen molar-refractivity contribution in [1.29, 1.82) is 0 Å². The highest BCUT2D eigenvalue weighted by Crippen LogP contribution is 2.26. The number of amides is 1. The topological polar surface area (TPSA) is 44.8 Å². The van der Waals surface area contributed by atoms with Crippen LogP contribution in [0.1, 0.15) is 4.88 Å². The third-order valence-electron chi connectivity index (χ3n) is 3.95. The minimum atomic E-state index is 0.00904. The Morgan fingerprint density at radius 3 is 2.79 bits per heavy atom. The van der Waals surface area contributed by atoms with Gasteiger partial charge in [0.15, 0.2) is 0 Å². The molecular formula is C18H23N3O2S. The Kier molecular flexibility index (Phi) is 5.85. The molecule has 5 nitrogen and oxygen atoms in total. The molecule has 1 aliphatic heterocycles. The number of carbonyl (C=O) groups is 1. The lowest BCUT2D eigenvalue weighted by Gasteiger charge is -2.30. The van der Waals surface area contributed by atoms with Gasteiger partial charge in [0.2, 0.25) is 5.91 Å². The molecule has 1 aromatic carbocycles. The van der Waals surface area contributed by atoms with Crippen LogP contribution in [-0.4, -0.2) is 50.7 Å². The van der Waals surface area contributed by atoms with Gasteiger partial charge in [0.1, 0.15) is 0 Å². The lowest BCUT2D eigenvalue weighted by Crippen LogP contribution is -2.37. The fourth-order valence-electron chi connectivity index (χ4n) is 2.82. The molecule has 128 valence electrons. The minimum absolute atomic E-state index is 0.00904. The standard InChI is InChI=1S/C18H23N3O2S/c1-20(13-15-5-4-12-24-15)14-18(22)19-16-6-2-3-7-17(16)21-8-10-23-11-9-21/h2-7,12H,8-11,13-14H2,1H3,(H,19,22). The van der Waals surface area contributed by atoms with Crippen molar-refractivity contribution < 1.29 is 9.53 Å². The van der Waals surface area contributed by atoms with Crippen molar-refractivity contribution in [3.05, 3.63) is 46.7 Å². The Hall–Kier alpha value is -1.89. The number of ether oxygens (including phenoxy) is 1. The molecule has 24 heavy (non-hydrogen) atoms. The predicted molar refractivity (Wildman–Crippen MR) is 98.8 cm³/mol. The maximum absolute atomic E-state index is 12.4. The van der Waals surface area contributed by atoms with Gasteiger partial charge in [0, 0.05) is 24.5 Å². The van der Waals surface area contributed by atoms with Crippen LogP contribution in [0.25, 0.3) is 0 Å². The first-order valence-corrected chi connectivity index (χ1v) is 9.03. The zero-order chi connectivity index (χ0) is 16.8. The summed E-state index contributed by atoms with van der Waals surface area (Å²) in [6, 6.07) is 12.1. The summed E-state index contributed by atoms with van der Waals surface area (Å²) in [5, 5.41) is 5.12. The molecule has 3 rings (SSSR count). The van der Waals surface area contributed by atoms with Crippen molar-refractivity contribution in [3.63, 3.8) is 0 Å². The van der Waals surface area contributed by atoms with Gasteiger partial charge in [-0.05, 0) is 30.6 Å². The molecule has 0 atom stereocenters. The average molecular weight is 345 g/mol. The van der Waals surface area contributed by atoms with Crippen LogP contribution in [0.5, 0.6) is 0 Å². The number of carbonyl (C=O) groups excluding carboxylic acids is 1. The lowest BCUT2D eigenvalue weighted by atomic mass is 10.2. The second kappa shape index (κ2) is 8.28. The molecule has 1 fully saturated rings. The molecule has 0 aliphatic carbocycles. The Balaban J connectivity index is 1.59. The van der Waals surface area contributed by atoms with Crippen LogP contribution >= 0.6 is 11.3 Å². The summed E-state index contributed by atoms with van der Waals surface area (Å²) in [5.41, 5.74) is 1.93. The quantitative estimate of drug-likeness (QED) is 0.874. The first-order valence-electron chi connectivity index (χ1n) is 8.15. The molecule has 1 saturated heterocycles. The van der Waals surface area contributed by atoms with Crippen molar-refractivity contribution in [3.8, 4) is 0 Å². The monoisotopic (exact) mass is 345 g/mol. The SMILES string of the molecule is CN(CC(=O)Nc1ccccc1N1CCOCC1)Cc1cccs1. The molecular weight excluding hydrogens is 322 g/mol. The van der Waals surface area contributed by atoms with E-state index >= 15 is 0 Å². The maximum atomic E-state index is 12.4. The fourth-order valence-corrected chi connectivity index (χ4v) is 3.60. The number of thiophene rings is 1. The zero-order valence-corrected chi connectivity index (χ0v) is 14.7. The molecule has 0 spiro atoms. The van der Waals surface area contributed by atoms with Gasteiger partial charge in [0.05, 0.1) is 31.1 Å². The van der Waals surface area contributed by atoms with Gasteiger partial charge in [0.25, 0.3) is 0 Å². The van der Waals surface area contributed by atoms with E-state index in [1.165, 1.54) is 4.88 Å². The number of hydrogen-bond acceptors (Lipinski definition) is 5. The second-order valence-corrected chi connectivity index (χ2v) is 6.95. The van der Waals surface area contributed by atoms with Crippen LogP contribution < -0.4 is 10.2 Å². The van der Waals surface area contributed by atoms with E-state index < -0.39 is 0 Å². The number of anilines is 2. The van der Waals surface area contributed by atoms with Crippen molar-refractivity contribution >= 4 is 28.6 Å². The number of para-hydroxylation sites is 2. The molecule has 1 aromatic heterocycles. The molecule has 0 radical (unpaired) electrons. The van der Waals surface area contributed by atoms with Crippen molar-refractivity contribution in [2.24, 2.45) is 0 Å². The third-order valence-corrected chi connectivity index (χ3v) is 4.81. The van der Waals surface area contributed by atoms with Crippen LogP contribution in [-0.2, 0) is 16.1 Å². The fraction of sp³-hybridized carbons (Fsp3) is 0.389. The van der Waals surface area contributed by atoms with Gasteiger partial charge >= 0.3 is 0 Å². The minimum Gasteiger partial charge on any atom is -0.378 e. The summed E-state index contributed by atoms with van der Waals surface area (Å²) >= 11 is 1.71. The highest BCUT2D eigenvalue weighted by molar-refractivity contribution is 7.09. The zero-order valence-electron chi connectivity index (χ0n) is 13.9. The first-order chi connectivity index (χ1) is 11.7. The van der Waals surface area contributed by atoms with E-state index in [2.05, 4.69) is 27.7 Å². The average Bonchev–Trinajstić information content (AvgIpc) is 3.09. The van der Waals surface area contributed by atoms with E-state index in [0.29, 0.717) is 6.54 Å². The van der Waals surface area contributed by atoms with E-state index in [1.54, 1.807) is 11.3 Å². The Morgan fingerprint density at radius 2 is 2.04 bits per heavy atom. The molecule has 1 amide bonds. The Labute approximate surface area is 146 Å². The summed E-state index contributed by atoms with van der Waals surface area (Å²) in [5.74, 6) is 0.00904. The second-order valence-electron chi connectivity index (χ2n) is 5.92. The van der Waals surface area contributed by atoms with Crippen molar-refractivity contribution in [2.75, 3.05) is 50.1 Å². The highest BCUT2D eigenvalue weighted by atomic mass is 32.1. The predicted octanol–water partition coefficient (Wildman–Crippen LogP) is 2.66. The van der Waals surface area contributed by atoms with Gasteiger partial charge in [-0.1, -0.05) is 18.2 Å². The number of rotatable bonds is 6. The van der Waals surface area contributed by atoms with Gasteiger partial charge < -0.3 is 15.0 Å². The van der Waals surface area contributed by atoms with Gasteiger partial charge in [-0.25, -0.2) is 0 Å². The molecule has 6 heteroatoms. The summed E-state index contributed by atoms with van der Waals surface area (Å²) in [7, 11) is 1.97. The molecule has 2 aromatic rings. The highest BCUT2D eigenvalue weighted by Gasteiger charge is 2.16. The van der Waals surface area contributed by atoms with Gasteiger partial charge in [-0.3, -0.25) is 9.69 Å². The Bertz CT molecular complexity index is 654. The number of nitrogens with zero attached hydrogens (tertiary/aromatic N) is 2. The van der Waals surface area contributed by atoms with Crippen LogP contribution in [0.3, 0.4) is 0 Å². The van der Waals surface area contributed by atoms with E-state index in [1.807, 2.05) is 36.2 Å². The van der Waals surface area contributed by atoms with E-state index in [9.17, 15) is 4.79 Å². The van der Waals surface area contributed by atoms with Crippen LogP contribution in [0.15, 0.2) is 41.8 Å². The molecule has 0 unspecified atom stereocenters. The molecule has 0 bridgehead atoms. The summed E-state index contributed by atoms with van der Waals surface area (Å²) < 4.78 is 5.41. The van der Waals surface area contributed by atoms with E-state index in [-0.39, 0.29) is 5.91 Å². The molecule has 1 N–H and O–H groups in total. The van der Waals surface area contributed by atoms with E-state index in [0.717, 1.165) is 44.2 Å². The molecule has 0 saturated carbocycles. The van der Waals surface area contributed by atoms with Crippen molar-refractivity contribution in [1.82, 2.24) is 4.90 Å². The summed E-state index contributed by atoms with van der Waals surface area (Å²) in [6.45, 7) is 4.32. The molecule has 2 heterocycles. The Morgan fingerprint density at radius 1 is 1.25 bits per heavy atom. The number of nitrogens with one attached hydrogen (secondary N) is 1. The van der Waals surface area contributed by atoms with Crippen LogP contribution in [0, 0.1) is 0 Å². The third kappa shape index (κ3) is 4.56. The largest absolute Gasteiger partial charge is 0.378 e. The first kappa shape index (κ1) is 17.0. The van der Waals surface area contributed by atoms with E-state index in [4.69, 9.17) is 4.74 Å². The van der Waals surface area contributed by atoms with Crippen LogP contribution in [0.2, 0.25) is 0 Å². The summed E-state index contributed by atoms with van der Waals surface area (Å²) in [6.07, 6.45) is 0. The maximum Gasteiger partial charge on any atom is 0.238 e. The number of morpholine rings is 1. The summed E-state index contributed by atoms with van der Waals surface area (Å²) in [4.78, 5) is 17.9. The lowest BCUT2D eigenvalue weighted by molar-refractivity contribution is -0.117. The number of likely N-dealkylation sites (N-methyl/N-ethyl adjacent to an activating group) is 1. The van der Waals surface area contributed by atoms with Crippen molar-refractivity contribution in [2.45, 2.75) is 6.54 Å². The van der Waals surface area contributed by atoms with Gasteiger partial charge in [-0.2, -0.15) is 0 Å².